The van der Waals surface area contributed by atoms with E-state index < -0.39 is 35.9 Å². The summed E-state index contributed by atoms with van der Waals surface area (Å²) in [5.41, 5.74) is 1.63. The van der Waals surface area contributed by atoms with E-state index in [9.17, 15) is 24.5 Å². The van der Waals surface area contributed by atoms with Gasteiger partial charge < -0.3 is 15.4 Å². The molecule has 0 atom stereocenters. The van der Waals surface area contributed by atoms with Crippen LogP contribution >= 0.6 is 0 Å². The van der Waals surface area contributed by atoms with E-state index in [1.165, 1.54) is 12.1 Å². The van der Waals surface area contributed by atoms with Crippen molar-refractivity contribution >= 4 is 29.2 Å². The number of nitro benzene ring substituents is 1. The van der Waals surface area contributed by atoms with E-state index in [2.05, 4.69) is 10.6 Å². The smallest absolute Gasteiger partial charge is 0.325 e. The van der Waals surface area contributed by atoms with Crippen molar-refractivity contribution in [3.8, 4) is 0 Å². The molecule has 0 aliphatic rings. The molecule has 2 aromatic carbocycles. The summed E-state index contributed by atoms with van der Waals surface area (Å²) in [6.45, 7) is 2.43. The number of nitrogens with zero attached hydrogens (tertiary/aromatic N) is 1. The molecule has 0 aliphatic carbocycles. The minimum Gasteiger partial charge on any atom is -0.454 e. The largest absolute Gasteiger partial charge is 0.454 e. The van der Waals surface area contributed by atoms with Crippen LogP contribution in [0.1, 0.15) is 21.5 Å². The second-order valence-corrected chi connectivity index (χ2v) is 5.97. The average molecular weight is 385 g/mol. The molecule has 2 N–H and O–H groups in total. The molecule has 2 rings (SSSR count). The molecular formula is C19H19N3O6. The predicted molar refractivity (Wildman–Crippen MR) is 101 cm³/mol. The van der Waals surface area contributed by atoms with Crippen LogP contribution in [-0.2, 0) is 14.3 Å². The van der Waals surface area contributed by atoms with Crippen molar-refractivity contribution in [1.82, 2.24) is 5.32 Å². The maximum Gasteiger partial charge on any atom is 0.325 e. The lowest BCUT2D eigenvalue weighted by atomic mass is 10.1. The molecule has 0 aliphatic heterocycles. The molecule has 0 fully saturated rings. The Morgan fingerprint density at radius 2 is 1.71 bits per heavy atom. The highest BCUT2D eigenvalue weighted by atomic mass is 16.6. The number of carbonyl (C=O) groups excluding carboxylic acids is 3. The molecule has 0 heterocycles. The molecule has 0 aromatic heterocycles. The van der Waals surface area contributed by atoms with Gasteiger partial charge in [-0.2, -0.15) is 0 Å². The highest BCUT2D eigenvalue weighted by Crippen LogP contribution is 2.27. The standard InChI is InChI=1S/C19H19N3O6/c1-12-8-15(16(22(26)27)9-13(12)2)21-17(23)11-28-18(24)10-20-19(25)14-6-4-3-5-7-14/h3-9H,10-11H2,1-2H3,(H,20,25)(H,21,23). The number of amides is 2. The van der Waals surface area contributed by atoms with Crippen molar-refractivity contribution in [3.05, 3.63) is 69.3 Å². The summed E-state index contributed by atoms with van der Waals surface area (Å²) in [5, 5.41) is 15.9. The molecule has 0 unspecified atom stereocenters. The number of nitro groups is 1. The van der Waals surface area contributed by atoms with Gasteiger partial charge in [0, 0.05) is 11.6 Å². The number of ether oxygens (including phenoxy) is 1. The fraction of sp³-hybridized carbons (Fsp3) is 0.211. The van der Waals surface area contributed by atoms with Crippen molar-refractivity contribution in [1.29, 1.82) is 0 Å². The number of hydrogen-bond donors (Lipinski definition) is 2. The number of aryl methyl sites for hydroxylation is 2. The van der Waals surface area contributed by atoms with Crippen LogP contribution < -0.4 is 10.6 Å². The van der Waals surface area contributed by atoms with Crippen LogP contribution in [0.4, 0.5) is 11.4 Å². The zero-order valence-electron chi connectivity index (χ0n) is 15.4. The van der Waals surface area contributed by atoms with Crippen LogP contribution in [0, 0.1) is 24.0 Å². The van der Waals surface area contributed by atoms with Gasteiger partial charge in [-0.1, -0.05) is 18.2 Å². The van der Waals surface area contributed by atoms with Crippen LogP contribution in [0.15, 0.2) is 42.5 Å². The van der Waals surface area contributed by atoms with Gasteiger partial charge in [0.05, 0.1) is 4.92 Å². The molecule has 0 saturated heterocycles. The molecule has 2 amide bonds. The third-order valence-electron chi connectivity index (χ3n) is 3.88. The molecule has 9 nitrogen and oxygen atoms in total. The molecule has 0 spiro atoms. The van der Waals surface area contributed by atoms with E-state index in [-0.39, 0.29) is 11.4 Å². The van der Waals surface area contributed by atoms with Crippen molar-refractivity contribution in [2.75, 3.05) is 18.5 Å². The first-order valence-electron chi connectivity index (χ1n) is 8.32. The van der Waals surface area contributed by atoms with E-state index in [0.717, 1.165) is 5.56 Å². The van der Waals surface area contributed by atoms with Crippen LogP contribution in [0.5, 0.6) is 0 Å². The van der Waals surface area contributed by atoms with Gasteiger partial charge in [0.15, 0.2) is 6.61 Å². The molecule has 9 heteroatoms. The number of benzene rings is 2. The van der Waals surface area contributed by atoms with Crippen LogP contribution in [0.2, 0.25) is 0 Å². The number of carbonyl (C=O) groups is 3. The van der Waals surface area contributed by atoms with Gasteiger partial charge in [0.25, 0.3) is 17.5 Å². The molecular weight excluding hydrogens is 366 g/mol. The zero-order chi connectivity index (χ0) is 20.7. The molecule has 0 saturated carbocycles. The minimum atomic E-state index is -0.811. The minimum absolute atomic E-state index is 0.0199. The van der Waals surface area contributed by atoms with Gasteiger partial charge in [-0.25, -0.2) is 0 Å². The number of hydrogen-bond acceptors (Lipinski definition) is 6. The van der Waals surface area contributed by atoms with Crippen molar-refractivity contribution < 1.29 is 24.0 Å². The number of anilines is 1. The first-order chi connectivity index (χ1) is 13.3. The fourth-order valence-electron chi connectivity index (χ4n) is 2.28. The summed E-state index contributed by atoms with van der Waals surface area (Å²) in [4.78, 5) is 46.0. The third-order valence-corrected chi connectivity index (χ3v) is 3.88. The van der Waals surface area contributed by atoms with Gasteiger partial charge in [-0.05, 0) is 43.2 Å². The summed E-state index contributed by atoms with van der Waals surface area (Å²) in [7, 11) is 0. The normalized spacial score (nSPS) is 10.1. The van der Waals surface area contributed by atoms with Crippen molar-refractivity contribution in [2.45, 2.75) is 13.8 Å². The SMILES string of the molecule is Cc1cc(NC(=O)COC(=O)CNC(=O)c2ccccc2)c([N+](=O)[O-])cc1C. The Kier molecular flexibility index (Phi) is 6.80. The highest BCUT2D eigenvalue weighted by molar-refractivity contribution is 5.97. The Morgan fingerprint density at radius 3 is 2.36 bits per heavy atom. The Bertz CT molecular complexity index is 911. The maximum absolute atomic E-state index is 11.9. The van der Waals surface area contributed by atoms with Gasteiger partial charge >= 0.3 is 5.97 Å². The average Bonchev–Trinajstić information content (AvgIpc) is 2.67. The van der Waals surface area contributed by atoms with Crippen LogP contribution in [-0.4, -0.2) is 35.9 Å². The van der Waals surface area contributed by atoms with E-state index in [4.69, 9.17) is 4.74 Å². The molecule has 2 aromatic rings. The summed E-state index contributed by atoms with van der Waals surface area (Å²) in [6.07, 6.45) is 0. The second-order valence-electron chi connectivity index (χ2n) is 5.97. The number of nitrogens with one attached hydrogen (secondary N) is 2. The Labute approximate surface area is 160 Å². The van der Waals surface area contributed by atoms with Gasteiger partial charge in [0.2, 0.25) is 0 Å². The first kappa shape index (κ1) is 20.6. The molecule has 0 bridgehead atoms. The summed E-state index contributed by atoms with van der Waals surface area (Å²) < 4.78 is 4.78. The monoisotopic (exact) mass is 385 g/mol. The Morgan fingerprint density at radius 1 is 1.07 bits per heavy atom. The van der Waals surface area contributed by atoms with Crippen molar-refractivity contribution in [2.24, 2.45) is 0 Å². The van der Waals surface area contributed by atoms with E-state index in [1.54, 1.807) is 44.2 Å². The summed E-state index contributed by atoms with van der Waals surface area (Å²) in [5.74, 6) is -1.99. The summed E-state index contributed by atoms with van der Waals surface area (Å²) >= 11 is 0. The first-order valence-corrected chi connectivity index (χ1v) is 8.32. The number of rotatable bonds is 7. The maximum atomic E-state index is 11.9. The zero-order valence-corrected chi connectivity index (χ0v) is 15.4. The highest BCUT2D eigenvalue weighted by Gasteiger charge is 2.18. The van der Waals surface area contributed by atoms with E-state index in [1.807, 2.05) is 0 Å². The van der Waals surface area contributed by atoms with Gasteiger partial charge in [-0.3, -0.25) is 24.5 Å². The third kappa shape index (κ3) is 5.63. The topological polar surface area (TPSA) is 128 Å². The predicted octanol–water partition coefficient (Wildman–Crippen LogP) is 2.12. The Balaban J connectivity index is 1.85. The molecule has 28 heavy (non-hydrogen) atoms. The van der Waals surface area contributed by atoms with Gasteiger partial charge in [-0.15, -0.1) is 0 Å². The second kappa shape index (κ2) is 9.26. The lowest BCUT2D eigenvalue weighted by Crippen LogP contribution is -2.32. The molecule has 0 radical (unpaired) electrons. The lowest BCUT2D eigenvalue weighted by molar-refractivity contribution is -0.384. The van der Waals surface area contributed by atoms with Crippen molar-refractivity contribution in [3.63, 3.8) is 0 Å². The van der Waals surface area contributed by atoms with Crippen LogP contribution in [0.3, 0.4) is 0 Å². The lowest BCUT2D eigenvalue weighted by Gasteiger charge is -2.10. The van der Waals surface area contributed by atoms with E-state index in [0.29, 0.717) is 11.1 Å². The summed E-state index contributed by atoms with van der Waals surface area (Å²) in [6, 6.07) is 11.1. The fourth-order valence-corrected chi connectivity index (χ4v) is 2.28. The number of esters is 1. The van der Waals surface area contributed by atoms with E-state index >= 15 is 0 Å². The molecule has 146 valence electrons. The Hall–Kier alpha value is -3.75. The quantitative estimate of drug-likeness (QED) is 0.427. The van der Waals surface area contributed by atoms with Gasteiger partial charge in [0.1, 0.15) is 12.2 Å². The van der Waals surface area contributed by atoms with Crippen LogP contribution in [0.25, 0.3) is 0 Å².